The first-order chi connectivity index (χ1) is 9.19. The minimum atomic E-state index is -0.385. The lowest BCUT2D eigenvalue weighted by Gasteiger charge is -2.18. The Labute approximate surface area is 114 Å². The fourth-order valence-electron chi connectivity index (χ4n) is 1.63. The number of benzene rings is 1. The molecule has 0 bridgehead atoms. The monoisotopic (exact) mass is 264 g/mol. The Morgan fingerprint density at radius 3 is 2.58 bits per heavy atom. The minimum absolute atomic E-state index is 0.162. The van der Waals surface area contributed by atoms with Gasteiger partial charge in [0.2, 0.25) is 0 Å². The topological polar surface area (TPSA) is 44.8 Å². The molecule has 1 atom stereocenters. The normalized spacial score (nSPS) is 11.9. The summed E-state index contributed by atoms with van der Waals surface area (Å²) < 4.78 is 15.4. The van der Waals surface area contributed by atoms with Crippen LogP contribution in [0.25, 0.3) is 0 Å². The van der Waals surface area contributed by atoms with Gasteiger partial charge in [-0.15, -0.1) is 0 Å². The fraction of sp³-hybridized carbons (Fsp3) is 0.400. The van der Waals surface area contributed by atoms with Gasteiger partial charge in [-0.2, -0.15) is 0 Å². The molecule has 0 fully saturated rings. The predicted octanol–water partition coefficient (Wildman–Crippen LogP) is 2.86. The summed E-state index contributed by atoms with van der Waals surface area (Å²) in [6.07, 6.45) is 0.115. The summed E-state index contributed by atoms with van der Waals surface area (Å²) in [6, 6.07) is 9.66. The number of ether oxygens (including phenoxy) is 3. The zero-order valence-electron chi connectivity index (χ0n) is 11.4. The van der Waals surface area contributed by atoms with Crippen molar-refractivity contribution in [2.75, 3.05) is 20.5 Å². The Bertz CT molecular complexity index is 400. The minimum Gasteiger partial charge on any atom is -0.463 e. The van der Waals surface area contributed by atoms with Crippen molar-refractivity contribution in [2.45, 2.75) is 19.4 Å². The first-order valence-electron chi connectivity index (χ1n) is 6.19. The summed E-state index contributed by atoms with van der Waals surface area (Å²) >= 11 is 0. The van der Waals surface area contributed by atoms with Gasteiger partial charge in [0.25, 0.3) is 0 Å². The molecule has 0 unspecified atom stereocenters. The van der Waals surface area contributed by atoms with Crippen molar-refractivity contribution >= 4 is 5.97 Å². The molecule has 0 spiro atoms. The van der Waals surface area contributed by atoms with E-state index in [0.29, 0.717) is 18.6 Å². The number of carbonyl (C=O) groups is 1. The van der Waals surface area contributed by atoms with Gasteiger partial charge in [0.1, 0.15) is 6.79 Å². The maximum Gasteiger partial charge on any atom is 0.333 e. The van der Waals surface area contributed by atoms with E-state index in [-0.39, 0.29) is 18.9 Å². The fourth-order valence-corrected chi connectivity index (χ4v) is 1.63. The van der Waals surface area contributed by atoms with Crippen molar-refractivity contribution in [1.29, 1.82) is 0 Å². The smallest absolute Gasteiger partial charge is 0.333 e. The van der Waals surface area contributed by atoms with E-state index in [2.05, 4.69) is 6.58 Å². The number of methoxy groups -OCH3 is 1. The van der Waals surface area contributed by atoms with Crippen LogP contribution in [0.5, 0.6) is 0 Å². The van der Waals surface area contributed by atoms with Gasteiger partial charge >= 0.3 is 5.97 Å². The molecular weight excluding hydrogens is 244 g/mol. The molecule has 0 radical (unpaired) electrons. The first kappa shape index (κ1) is 15.4. The molecule has 0 amide bonds. The second-order valence-electron chi connectivity index (χ2n) is 4.00. The van der Waals surface area contributed by atoms with Gasteiger partial charge in [0.15, 0.2) is 0 Å². The van der Waals surface area contributed by atoms with Crippen LogP contribution in [0, 0.1) is 0 Å². The molecule has 4 heteroatoms. The van der Waals surface area contributed by atoms with Crippen LogP contribution in [-0.4, -0.2) is 26.5 Å². The SMILES string of the molecule is C=C(C[C@H](OCOC)c1ccccc1)C(=O)OCC. The molecule has 19 heavy (non-hydrogen) atoms. The molecule has 0 aliphatic rings. The number of esters is 1. The number of hydrogen-bond acceptors (Lipinski definition) is 4. The molecular formula is C15H20O4. The maximum atomic E-state index is 11.6. The van der Waals surface area contributed by atoms with Gasteiger partial charge < -0.3 is 14.2 Å². The van der Waals surface area contributed by atoms with E-state index >= 15 is 0 Å². The lowest BCUT2D eigenvalue weighted by atomic mass is 10.0. The Hall–Kier alpha value is -1.65. The van der Waals surface area contributed by atoms with Crippen LogP contribution in [-0.2, 0) is 19.0 Å². The second-order valence-corrected chi connectivity index (χ2v) is 4.00. The average molecular weight is 264 g/mol. The van der Waals surface area contributed by atoms with Crippen molar-refractivity contribution in [2.24, 2.45) is 0 Å². The summed E-state index contributed by atoms with van der Waals surface area (Å²) in [5.74, 6) is -0.385. The van der Waals surface area contributed by atoms with Gasteiger partial charge in [-0.05, 0) is 12.5 Å². The van der Waals surface area contributed by atoms with Gasteiger partial charge in [-0.3, -0.25) is 0 Å². The third-order valence-corrected chi connectivity index (χ3v) is 2.55. The number of carbonyl (C=O) groups excluding carboxylic acids is 1. The van der Waals surface area contributed by atoms with E-state index < -0.39 is 0 Å². The first-order valence-corrected chi connectivity index (χ1v) is 6.19. The zero-order chi connectivity index (χ0) is 14.1. The Morgan fingerprint density at radius 2 is 2.00 bits per heavy atom. The second kappa shape index (κ2) is 8.45. The van der Waals surface area contributed by atoms with Crippen molar-refractivity contribution in [1.82, 2.24) is 0 Å². The highest BCUT2D eigenvalue weighted by molar-refractivity contribution is 5.87. The molecule has 0 saturated carbocycles. The highest BCUT2D eigenvalue weighted by Crippen LogP contribution is 2.24. The van der Waals surface area contributed by atoms with E-state index in [1.54, 1.807) is 14.0 Å². The van der Waals surface area contributed by atoms with Gasteiger partial charge in [0, 0.05) is 19.1 Å². The molecule has 1 rings (SSSR count). The zero-order valence-corrected chi connectivity index (χ0v) is 11.4. The van der Waals surface area contributed by atoms with E-state index in [4.69, 9.17) is 14.2 Å². The molecule has 0 aromatic heterocycles. The third-order valence-electron chi connectivity index (χ3n) is 2.55. The predicted molar refractivity (Wildman–Crippen MR) is 72.5 cm³/mol. The molecule has 0 aliphatic carbocycles. The van der Waals surface area contributed by atoms with Crippen molar-refractivity contribution < 1.29 is 19.0 Å². The van der Waals surface area contributed by atoms with Crippen molar-refractivity contribution in [3.05, 3.63) is 48.0 Å². The Balaban J connectivity index is 2.70. The largest absolute Gasteiger partial charge is 0.463 e. The number of rotatable bonds is 8. The van der Waals surface area contributed by atoms with E-state index in [0.717, 1.165) is 5.56 Å². The van der Waals surface area contributed by atoms with Crippen LogP contribution < -0.4 is 0 Å². The molecule has 104 valence electrons. The highest BCUT2D eigenvalue weighted by Gasteiger charge is 2.17. The molecule has 0 N–H and O–H groups in total. The van der Waals surface area contributed by atoms with E-state index in [9.17, 15) is 4.79 Å². The van der Waals surface area contributed by atoms with Crippen molar-refractivity contribution in [3.8, 4) is 0 Å². The lowest BCUT2D eigenvalue weighted by molar-refractivity contribution is -0.139. The lowest BCUT2D eigenvalue weighted by Crippen LogP contribution is -2.13. The summed E-state index contributed by atoms with van der Waals surface area (Å²) in [5.41, 5.74) is 1.37. The van der Waals surface area contributed by atoms with Gasteiger partial charge in [0.05, 0.1) is 12.7 Å². The Kier molecular flexibility index (Phi) is 6.85. The maximum absolute atomic E-state index is 11.6. The van der Waals surface area contributed by atoms with Crippen molar-refractivity contribution in [3.63, 3.8) is 0 Å². The van der Waals surface area contributed by atoms with Crippen LogP contribution >= 0.6 is 0 Å². The molecule has 0 saturated heterocycles. The van der Waals surface area contributed by atoms with Gasteiger partial charge in [-0.1, -0.05) is 36.9 Å². The van der Waals surface area contributed by atoms with Crippen LogP contribution in [0.1, 0.15) is 25.0 Å². The standard InChI is InChI=1S/C15H20O4/c1-4-18-15(16)12(2)10-14(19-11-17-3)13-8-6-5-7-9-13/h5-9,14H,2,4,10-11H2,1,3H3/t14-/m0/s1. The van der Waals surface area contributed by atoms with E-state index in [1.165, 1.54) is 0 Å². The molecule has 1 aromatic carbocycles. The van der Waals surface area contributed by atoms with Crippen LogP contribution in [0.4, 0.5) is 0 Å². The molecule has 4 nitrogen and oxygen atoms in total. The Morgan fingerprint density at radius 1 is 1.32 bits per heavy atom. The summed E-state index contributed by atoms with van der Waals surface area (Å²) in [4.78, 5) is 11.6. The highest BCUT2D eigenvalue weighted by atomic mass is 16.7. The van der Waals surface area contributed by atoms with Crippen LogP contribution in [0.15, 0.2) is 42.5 Å². The third kappa shape index (κ3) is 5.24. The molecule has 0 aliphatic heterocycles. The van der Waals surface area contributed by atoms with E-state index in [1.807, 2.05) is 30.3 Å². The van der Waals surface area contributed by atoms with Crippen LogP contribution in [0.3, 0.4) is 0 Å². The van der Waals surface area contributed by atoms with Crippen LogP contribution in [0.2, 0.25) is 0 Å². The average Bonchev–Trinajstić information content (AvgIpc) is 2.44. The van der Waals surface area contributed by atoms with Gasteiger partial charge in [-0.25, -0.2) is 4.79 Å². The summed E-state index contributed by atoms with van der Waals surface area (Å²) in [7, 11) is 1.56. The number of hydrogen-bond donors (Lipinski definition) is 0. The molecule has 1 aromatic rings. The summed E-state index contributed by atoms with van der Waals surface area (Å²) in [6.45, 7) is 6.02. The molecule has 0 heterocycles. The summed E-state index contributed by atoms with van der Waals surface area (Å²) in [5, 5.41) is 0. The quantitative estimate of drug-likeness (QED) is 0.411.